The molecular weight excluding hydrogens is 446 g/mol. The number of nitrogens with zero attached hydrogens (tertiary/aromatic N) is 2. The summed E-state index contributed by atoms with van der Waals surface area (Å²) in [4.78, 5) is 27.9. The number of aromatic nitrogens is 1. The second-order valence-corrected chi connectivity index (χ2v) is 8.87. The minimum Gasteiger partial charge on any atom is -0.493 e. The average Bonchev–Trinajstić information content (AvgIpc) is 3.42. The Kier molecular flexibility index (Phi) is 6.11. The van der Waals surface area contributed by atoms with Crippen molar-refractivity contribution >= 4 is 33.9 Å². The number of amides is 2. The number of carbonyl (C=O) groups excluding carboxylic acids is 2. The van der Waals surface area contributed by atoms with Crippen LogP contribution in [0.25, 0.3) is 22.1 Å². The lowest BCUT2D eigenvalue weighted by atomic mass is 9.95. The zero-order valence-corrected chi connectivity index (χ0v) is 20.2. The third-order valence-electron chi connectivity index (χ3n) is 6.85. The molecular formula is C27H29N3O5. The molecule has 2 aromatic carbocycles. The third-order valence-corrected chi connectivity index (χ3v) is 6.85. The third kappa shape index (κ3) is 4.20. The van der Waals surface area contributed by atoms with E-state index in [2.05, 4.69) is 5.32 Å². The average molecular weight is 476 g/mol. The van der Waals surface area contributed by atoms with Crippen molar-refractivity contribution in [3.8, 4) is 11.5 Å². The quantitative estimate of drug-likeness (QED) is 0.454. The van der Waals surface area contributed by atoms with Gasteiger partial charge in [-0.2, -0.15) is 0 Å². The summed E-state index contributed by atoms with van der Waals surface area (Å²) >= 11 is 0. The highest BCUT2D eigenvalue weighted by Gasteiger charge is 2.29. The summed E-state index contributed by atoms with van der Waals surface area (Å²) in [7, 11) is 5.07. The van der Waals surface area contributed by atoms with Crippen molar-refractivity contribution in [1.82, 2.24) is 14.8 Å². The molecule has 1 aliphatic rings. The molecule has 0 bridgehead atoms. The van der Waals surface area contributed by atoms with E-state index in [0.29, 0.717) is 55.3 Å². The molecule has 8 nitrogen and oxygen atoms in total. The van der Waals surface area contributed by atoms with Crippen LogP contribution in [0, 0.1) is 5.92 Å². The van der Waals surface area contributed by atoms with E-state index in [4.69, 9.17) is 13.9 Å². The van der Waals surface area contributed by atoms with Crippen LogP contribution in [0.4, 0.5) is 0 Å². The summed E-state index contributed by atoms with van der Waals surface area (Å²) < 4.78 is 18.4. The molecule has 1 saturated heterocycles. The molecule has 3 heterocycles. The Labute approximate surface area is 203 Å². The molecule has 182 valence electrons. The number of aryl methyl sites for hydroxylation is 1. The van der Waals surface area contributed by atoms with Crippen molar-refractivity contribution < 1.29 is 23.5 Å². The van der Waals surface area contributed by atoms with E-state index in [-0.39, 0.29) is 17.7 Å². The topological polar surface area (TPSA) is 85.9 Å². The van der Waals surface area contributed by atoms with Gasteiger partial charge in [-0.1, -0.05) is 18.2 Å². The molecule has 0 aliphatic carbocycles. The molecule has 4 aromatic rings. The maximum absolute atomic E-state index is 13.3. The van der Waals surface area contributed by atoms with Crippen LogP contribution < -0.4 is 14.8 Å². The number of hydrogen-bond donors (Lipinski definition) is 1. The Balaban J connectivity index is 1.20. The van der Waals surface area contributed by atoms with E-state index in [1.54, 1.807) is 14.2 Å². The zero-order chi connectivity index (χ0) is 24.5. The van der Waals surface area contributed by atoms with Crippen molar-refractivity contribution in [2.75, 3.05) is 27.3 Å². The van der Waals surface area contributed by atoms with Crippen molar-refractivity contribution in [1.29, 1.82) is 0 Å². The fourth-order valence-electron chi connectivity index (χ4n) is 4.87. The highest BCUT2D eigenvalue weighted by molar-refractivity contribution is 6.07. The van der Waals surface area contributed by atoms with Crippen LogP contribution in [-0.4, -0.2) is 48.6 Å². The van der Waals surface area contributed by atoms with Gasteiger partial charge >= 0.3 is 0 Å². The van der Waals surface area contributed by atoms with E-state index in [1.165, 1.54) is 0 Å². The molecule has 0 atom stereocenters. The van der Waals surface area contributed by atoms with E-state index in [1.807, 2.05) is 65.0 Å². The zero-order valence-electron chi connectivity index (χ0n) is 20.2. The molecule has 2 aromatic heterocycles. The maximum Gasteiger partial charge on any atom is 0.270 e. The van der Waals surface area contributed by atoms with E-state index < -0.39 is 0 Å². The summed E-state index contributed by atoms with van der Waals surface area (Å²) in [5, 5.41) is 4.01. The van der Waals surface area contributed by atoms with Gasteiger partial charge in [-0.15, -0.1) is 0 Å². The number of nitrogens with one attached hydrogen (secondary N) is 1. The van der Waals surface area contributed by atoms with Crippen LogP contribution in [-0.2, 0) is 18.4 Å². The number of rotatable bonds is 6. The summed E-state index contributed by atoms with van der Waals surface area (Å²) in [6, 6.07) is 15.2. The predicted octanol–water partition coefficient (Wildman–Crippen LogP) is 4.11. The van der Waals surface area contributed by atoms with Gasteiger partial charge in [-0.05, 0) is 42.7 Å². The SMILES string of the molecule is COc1ccc(CNC(=O)C2CCN(C(=O)c3cc4oc5ccccc5c4n3C)CC2)cc1OC. The van der Waals surface area contributed by atoms with E-state index in [9.17, 15) is 9.59 Å². The molecule has 0 radical (unpaired) electrons. The second kappa shape index (κ2) is 9.37. The molecule has 1 N–H and O–H groups in total. The fraction of sp³-hybridized carbons (Fsp3) is 0.333. The number of likely N-dealkylation sites (tertiary alicyclic amines) is 1. The van der Waals surface area contributed by atoms with Gasteiger partial charge in [0.15, 0.2) is 17.1 Å². The Morgan fingerprint density at radius 3 is 2.49 bits per heavy atom. The van der Waals surface area contributed by atoms with Crippen molar-refractivity contribution in [2.24, 2.45) is 13.0 Å². The summed E-state index contributed by atoms with van der Waals surface area (Å²) in [5.74, 6) is 1.14. The Bertz CT molecular complexity index is 1390. The molecule has 5 rings (SSSR count). The summed E-state index contributed by atoms with van der Waals surface area (Å²) in [6.07, 6.45) is 1.26. The molecule has 0 spiro atoms. The first kappa shape index (κ1) is 22.8. The van der Waals surface area contributed by atoms with E-state index in [0.717, 1.165) is 22.0 Å². The fourth-order valence-corrected chi connectivity index (χ4v) is 4.87. The van der Waals surface area contributed by atoms with Gasteiger partial charge in [-0.3, -0.25) is 9.59 Å². The molecule has 0 unspecified atom stereocenters. The van der Waals surface area contributed by atoms with Crippen molar-refractivity contribution in [2.45, 2.75) is 19.4 Å². The monoisotopic (exact) mass is 475 g/mol. The lowest BCUT2D eigenvalue weighted by Crippen LogP contribution is -2.43. The first-order valence-corrected chi connectivity index (χ1v) is 11.7. The minimum atomic E-state index is -0.118. The first-order chi connectivity index (χ1) is 17.0. The van der Waals surface area contributed by atoms with Gasteiger partial charge in [0.1, 0.15) is 11.3 Å². The normalized spacial score (nSPS) is 14.4. The largest absolute Gasteiger partial charge is 0.493 e. The molecule has 1 fully saturated rings. The smallest absolute Gasteiger partial charge is 0.270 e. The number of para-hydroxylation sites is 1. The maximum atomic E-state index is 13.3. The number of ether oxygens (including phenoxy) is 2. The lowest BCUT2D eigenvalue weighted by molar-refractivity contribution is -0.126. The van der Waals surface area contributed by atoms with Gasteiger partial charge in [-0.25, -0.2) is 0 Å². The van der Waals surface area contributed by atoms with Crippen LogP contribution in [0.15, 0.2) is 52.9 Å². The molecule has 8 heteroatoms. The van der Waals surface area contributed by atoms with Gasteiger partial charge in [0.25, 0.3) is 5.91 Å². The molecule has 0 saturated carbocycles. The first-order valence-electron chi connectivity index (χ1n) is 11.7. The standard InChI is InChI=1S/C27H29N3O5/c1-29-20(15-24-25(29)19-6-4-5-7-21(19)35-24)27(32)30-12-10-18(11-13-30)26(31)28-16-17-8-9-22(33-2)23(14-17)34-3/h4-9,14-15,18H,10-13,16H2,1-3H3,(H,28,31). The number of methoxy groups -OCH3 is 2. The van der Waals surface area contributed by atoms with Crippen molar-refractivity contribution in [3.05, 3.63) is 59.8 Å². The number of fused-ring (bicyclic) bond motifs is 3. The number of carbonyl (C=O) groups is 2. The van der Waals surface area contributed by atoms with Gasteiger partial charge in [0, 0.05) is 44.1 Å². The Morgan fingerprint density at radius 2 is 1.74 bits per heavy atom. The van der Waals surface area contributed by atoms with Crippen LogP contribution in [0.1, 0.15) is 28.9 Å². The van der Waals surface area contributed by atoms with Gasteiger partial charge < -0.3 is 28.7 Å². The van der Waals surface area contributed by atoms with Gasteiger partial charge in [0.05, 0.1) is 19.7 Å². The Hall–Kier alpha value is -3.94. The molecule has 35 heavy (non-hydrogen) atoms. The number of furan rings is 1. The summed E-state index contributed by atoms with van der Waals surface area (Å²) in [6.45, 7) is 1.50. The number of benzene rings is 2. The second-order valence-electron chi connectivity index (χ2n) is 8.87. The van der Waals surface area contributed by atoms with Crippen molar-refractivity contribution in [3.63, 3.8) is 0 Å². The van der Waals surface area contributed by atoms with Crippen LogP contribution in [0.2, 0.25) is 0 Å². The highest BCUT2D eigenvalue weighted by atomic mass is 16.5. The van der Waals surface area contributed by atoms with Gasteiger partial charge in [0.2, 0.25) is 5.91 Å². The molecule has 2 amide bonds. The van der Waals surface area contributed by atoms with Crippen LogP contribution in [0.5, 0.6) is 11.5 Å². The summed E-state index contributed by atoms with van der Waals surface area (Å²) in [5.41, 5.74) is 3.98. The lowest BCUT2D eigenvalue weighted by Gasteiger charge is -2.31. The van der Waals surface area contributed by atoms with Crippen LogP contribution >= 0.6 is 0 Å². The number of piperidine rings is 1. The predicted molar refractivity (Wildman–Crippen MR) is 133 cm³/mol. The van der Waals surface area contributed by atoms with E-state index >= 15 is 0 Å². The van der Waals surface area contributed by atoms with Crippen LogP contribution in [0.3, 0.4) is 0 Å². The Morgan fingerprint density at radius 1 is 1.00 bits per heavy atom. The molecule has 1 aliphatic heterocycles. The highest BCUT2D eigenvalue weighted by Crippen LogP contribution is 2.32. The minimum absolute atomic E-state index is 0.00901. The number of hydrogen-bond acceptors (Lipinski definition) is 5.